The first-order chi connectivity index (χ1) is 14.2. The number of pyridine rings is 1. The lowest BCUT2D eigenvalue weighted by Crippen LogP contribution is -2.38. The fourth-order valence-electron chi connectivity index (χ4n) is 4.73. The van der Waals surface area contributed by atoms with E-state index in [9.17, 15) is 4.39 Å². The molecule has 5 rings (SSSR count). The van der Waals surface area contributed by atoms with E-state index >= 15 is 0 Å². The first-order valence-corrected chi connectivity index (χ1v) is 10.6. The Morgan fingerprint density at radius 1 is 1.00 bits per heavy atom. The number of thiocarbonyl (C=S) groups is 1. The molecule has 148 valence electrons. The van der Waals surface area contributed by atoms with Crippen molar-refractivity contribution < 1.29 is 4.39 Å². The SMILES string of the molecule is Fc1ccc(-n2cccc2[C@H]2[C@@H](c3ccccn3)NC(=S)N2C2CCCC2)cc1. The van der Waals surface area contributed by atoms with Crippen LogP contribution in [0.1, 0.15) is 49.2 Å². The van der Waals surface area contributed by atoms with Crippen LogP contribution < -0.4 is 5.32 Å². The third-order valence-corrected chi connectivity index (χ3v) is 6.37. The molecule has 29 heavy (non-hydrogen) atoms. The molecule has 2 aromatic heterocycles. The average Bonchev–Trinajstić information content (AvgIpc) is 3.48. The molecule has 4 nitrogen and oxygen atoms in total. The number of benzene rings is 1. The highest BCUT2D eigenvalue weighted by atomic mass is 32.1. The van der Waals surface area contributed by atoms with Crippen molar-refractivity contribution in [1.29, 1.82) is 0 Å². The van der Waals surface area contributed by atoms with Crippen LogP contribution in [-0.2, 0) is 0 Å². The minimum Gasteiger partial charge on any atom is -0.352 e. The van der Waals surface area contributed by atoms with E-state index in [1.54, 1.807) is 0 Å². The number of nitrogens with one attached hydrogen (secondary N) is 1. The van der Waals surface area contributed by atoms with Crippen LogP contribution in [0.2, 0.25) is 0 Å². The van der Waals surface area contributed by atoms with Crippen molar-refractivity contribution in [3.05, 3.63) is 84.2 Å². The molecule has 1 aliphatic carbocycles. The summed E-state index contributed by atoms with van der Waals surface area (Å²) in [5.74, 6) is -0.231. The van der Waals surface area contributed by atoms with Crippen molar-refractivity contribution in [2.45, 2.75) is 43.8 Å². The summed E-state index contributed by atoms with van der Waals surface area (Å²) in [6, 6.07) is 17.3. The number of aromatic nitrogens is 2. The molecule has 0 unspecified atom stereocenters. The normalized spacial score (nSPS) is 22.2. The van der Waals surface area contributed by atoms with Crippen LogP contribution in [0.4, 0.5) is 4.39 Å². The van der Waals surface area contributed by atoms with Gasteiger partial charge in [0.2, 0.25) is 0 Å². The molecule has 2 atom stereocenters. The molecule has 0 amide bonds. The average molecular weight is 407 g/mol. The molecule has 2 fully saturated rings. The molecular formula is C23H23FN4S. The van der Waals surface area contributed by atoms with E-state index in [2.05, 4.69) is 31.9 Å². The summed E-state index contributed by atoms with van der Waals surface area (Å²) >= 11 is 5.81. The van der Waals surface area contributed by atoms with E-state index in [4.69, 9.17) is 12.2 Å². The molecular weight excluding hydrogens is 383 g/mol. The lowest BCUT2D eigenvalue weighted by Gasteiger charge is -2.33. The van der Waals surface area contributed by atoms with Gasteiger partial charge in [-0.2, -0.15) is 0 Å². The Hall–Kier alpha value is -2.73. The van der Waals surface area contributed by atoms with Crippen LogP contribution in [0, 0.1) is 5.82 Å². The van der Waals surface area contributed by atoms with Crippen molar-refractivity contribution in [2.24, 2.45) is 0 Å². The number of nitrogens with zero attached hydrogens (tertiary/aromatic N) is 3. The lowest BCUT2D eigenvalue weighted by atomic mass is 9.99. The zero-order valence-electron chi connectivity index (χ0n) is 16.0. The number of hydrogen-bond donors (Lipinski definition) is 1. The van der Waals surface area contributed by atoms with Crippen LogP contribution in [0.3, 0.4) is 0 Å². The first-order valence-electron chi connectivity index (χ1n) is 10.2. The molecule has 1 aromatic carbocycles. The zero-order chi connectivity index (χ0) is 19.8. The van der Waals surface area contributed by atoms with Gasteiger partial charge >= 0.3 is 0 Å². The highest BCUT2D eigenvalue weighted by molar-refractivity contribution is 7.80. The fourth-order valence-corrected chi connectivity index (χ4v) is 5.12. The lowest BCUT2D eigenvalue weighted by molar-refractivity contribution is 0.239. The van der Waals surface area contributed by atoms with Gasteiger partial charge in [-0.1, -0.05) is 18.9 Å². The number of hydrogen-bond acceptors (Lipinski definition) is 2. The topological polar surface area (TPSA) is 33.1 Å². The van der Waals surface area contributed by atoms with E-state index in [1.165, 1.54) is 25.0 Å². The van der Waals surface area contributed by atoms with Gasteiger partial charge in [-0.3, -0.25) is 4.98 Å². The molecule has 0 bridgehead atoms. The molecule has 1 saturated carbocycles. The van der Waals surface area contributed by atoms with E-state index in [-0.39, 0.29) is 17.9 Å². The van der Waals surface area contributed by atoms with E-state index in [0.717, 1.165) is 35.0 Å². The summed E-state index contributed by atoms with van der Waals surface area (Å²) in [4.78, 5) is 7.01. The Bertz CT molecular complexity index is 995. The van der Waals surface area contributed by atoms with Gasteiger partial charge in [-0.15, -0.1) is 0 Å². The number of halogens is 1. The Labute approximate surface area is 175 Å². The van der Waals surface area contributed by atoms with Gasteiger partial charge in [0.1, 0.15) is 5.82 Å². The second kappa shape index (κ2) is 7.59. The smallest absolute Gasteiger partial charge is 0.170 e. The van der Waals surface area contributed by atoms with Crippen LogP contribution >= 0.6 is 12.2 Å². The summed E-state index contributed by atoms with van der Waals surface area (Å²) in [5.41, 5.74) is 3.05. The largest absolute Gasteiger partial charge is 0.352 e. The van der Waals surface area contributed by atoms with Crippen LogP contribution in [0.5, 0.6) is 0 Å². The van der Waals surface area contributed by atoms with Crippen molar-refractivity contribution in [3.63, 3.8) is 0 Å². The summed E-state index contributed by atoms with van der Waals surface area (Å²) < 4.78 is 15.6. The molecule has 1 aliphatic heterocycles. The predicted molar refractivity (Wildman–Crippen MR) is 115 cm³/mol. The van der Waals surface area contributed by atoms with Crippen LogP contribution in [-0.4, -0.2) is 25.6 Å². The predicted octanol–water partition coefficient (Wildman–Crippen LogP) is 4.93. The molecule has 3 heterocycles. The monoisotopic (exact) mass is 406 g/mol. The highest BCUT2D eigenvalue weighted by Crippen LogP contribution is 2.43. The molecule has 1 saturated heterocycles. The standard InChI is InChI=1S/C23H23FN4S/c24-16-10-12-17(13-11-16)27-15-5-9-20(27)22-21(19-8-3-4-14-25-19)26-23(29)28(22)18-6-1-2-7-18/h3-5,8-15,18,21-22H,1-2,6-7H2,(H,26,29)/t21-,22+/m1/s1. The van der Waals surface area contributed by atoms with Crippen molar-refractivity contribution >= 4 is 17.3 Å². The van der Waals surface area contributed by atoms with Crippen LogP contribution in [0.25, 0.3) is 5.69 Å². The Balaban J connectivity index is 1.61. The molecule has 1 N–H and O–H groups in total. The summed E-state index contributed by atoms with van der Waals surface area (Å²) in [6.45, 7) is 0. The summed E-state index contributed by atoms with van der Waals surface area (Å²) in [5, 5.41) is 4.34. The molecule has 2 aliphatic rings. The second-order valence-corrected chi connectivity index (χ2v) is 8.14. The van der Waals surface area contributed by atoms with Crippen molar-refractivity contribution in [2.75, 3.05) is 0 Å². The van der Waals surface area contributed by atoms with Gasteiger partial charge in [-0.25, -0.2) is 4.39 Å². The van der Waals surface area contributed by atoms with Gasteiger partial charge in [0, 0.05) is 29.8 Å². The van der Waals surface area contributed by atoms with Crippen molar-refractivity contribution in [3.8, 4) is 5.69 Å². The third-order valence-electron chi connectivity index (χ3n) is 6.04. The quantitative estimate of drug-likeness (QED) is 0.623. The Kier molecular flexibility index (Phi) is 4.79. The van der Waals surface area contributed by atoms with E-state index in [1.807, 2.05) is 42.7 Å². The third kappa shape index (κ3) is 3.31. The fraction of sp³-hybridized carbons (Fsp3) is 0.304. The van der Waals surface area contributed by atoms with Gasteiger partial charge in [0.05, 0.1) is 17.8 Å². The maximum Gasteiger partial charge on any atom is 0.170 e. The highest BCUT2D eigenvalue weighted by Gasteiger charge is 2.44. The molecule has 0 radical (unpaired) electrons. The summed E-state index contributed by atoms with van der Waals surface area (Å²) in [6.07, 6.45) is 8.66. The maximum atomic E-state index is 13.5. The van der Waals surface area contributed by atoms with Gasteiger partial charge < -0.3 is 14.8 Å². The Morgan fingerprint density at radius 3 is 2.52 bits per heavy atom. The van der Waals surface area contributed by atoms with Crippen LogP contribution in [0.15, 0.2) is 67.0 Å². The van der Waals surface area contributed by atoms with Gasteiger partial charge in [-0.05, 0) is 73.6 Å². The minimum absolute atomic E-state index is 0.0283. The van der Waals surface area contributed by atoms with E-state index in [0.29, 0.717) is 6.04 Å². The molecule has 6 heteroatoms. The van der Waals surface area contributed by atoms with Gasteiger partial charge in [0.15, 0.2) is 5.11 Å². The zero-order valence-corrected chi connectivity index (χ0v) is 16.9. The van der Waals surface area contributed by atoms with E-state index < -0.39 is 0 Å². The summed E-state index contributed by atoms with van der Waals surface area (Å²) in [7, 11) is 0. The molecule has 3 aromatic rings. The number of rotatable bonds is 4. The molecule has 0 spiro atoms. The maximum absolute atomic E-state index is 13.5. The Morgan fingerprint density at radius 2 is 1.79 bits per heavy atom. The second-order valence-electron chi connectivity index (χ2n) is 7.75. The minimum atomic E-state index is -0.231. The first kappa shape index (κ1) is 18.3. The van der Waals surface area contributed by atoms with Crippen molar-refractivity contribution in [1.82, 2.24) is 19.8 Å². The van der Waals surface area contributed by atoms with Gasteiger partial charge in [0.25, 0.3) is 0 Å².